The topological polar surface area (TPSA) is 67.4 Å². The number of halogens is 1. The minimum Gasteiger partial charge on any atom is -1.00 e. The Morgan fingerprint density at radius 1 is 1.24 bits per heavy atom. The van der Waals surface area contributed by atoms with E-state index in [1.165, 1.54) is 6.92 Å². The van der Waals surface area contributed by atoms with E-state index >= 15 is 0 Å². The molecule has 1 aliphatic rings. The van der Waals surface area contributed by atoms with Gasteiger partial charge in [0, 0.05) is 19.2 Å². The molecule has 7 heteroatoms. The molecule has 6 nitrogen and oxygen atoms in total. The molecule has 0 spiro atoms. The van der Waals surface area contributed by atoms with Crippen molar-refractivity contribution in [3.05, 3.63) is 42.5 Å². The van der Waals surface area contributed by atoms with Crippen LogP contribution in [0.15, 0.2) is 36.9 Å². The molecule has 1 aromatic carbocycles. The van der Waals surface area contributed by atoms with Crippen LogP contribution in [0.5, 0.6) is 0 Å². The lowest BCUT2D eigenvalue weighted by Crippen LogP contribution is -3.00. The van der Waals surface area contributed by atoms with Gasteiger partial charge in [-0.1, -0.05) is 18.7 Å². The summed E-state index contributed by atoms with van der Waals surface area (Å²) in [6.45, 7) is 10.0. The number of quaternary nitrogens is 1. The van der Waals surface area contributed by atoms with Crippen molar-refractivity contribution in [1.82, 2.24) is 5.32 Å². The fraction of sp³-hybridized carbons (Fsp3) is 0.444. The van der Waals surface area contributed by atoms with Gasteiger partial charge in [-0.3, -0.25) is 9.59 Å². The summed E-state index contributed by atoms with van der Waals surface area (Å²) in [6, 6.07) is 7.45. The van der Waals surface area contributed by atoms with Gasteiger partial charge in [-0.15, -0.1) is 0 Å². The molecule has 138 valence electrons. The Bertz CT molecular complexity index is 584. The quantitative estimate of drug-likeness (QED) is 0.415. The second-order valence-electron chi connectivity index (χ2n) is 6.19. The number of hydrogen-bond acceptors (Lipinski definition) is 3. The number of rotatable bonds is 7. The molecule has 1 fully saturated rings. The summed E-state index contributed by atoms with van der Waals surface area (Å²) in [7, 11) is 0. The first kappa shape index (κ1) is 21.3. The Kier molecular flexibility index (Phi) is 8.82. The molecule has 2 rings (SSSR count). The van der Waals surface area contributed by atoms with Crippen molar-refractivity contribution < 1.29 is 35.8 Å². The highest BCUT2D eigenvalue weighted by atomic mass is 79.9. The number of carbonyl (C=O) groups is 2. The second-order valence-corrected chi connectivity index (χ2v) is 6.19. The van der Waals surface area contributed by atoms with E-state index in [0.717, 1.165) is 30.9 Å². The molecule has 1 heterocycles. The summed E-state index contributed by atoms with van der Waals surface area (Å²) in [5.41, 5.74) is 1.75. The highest BCUT2D eigenvalue weighted by molar-refractivity contribution is 5.88. The molecule has 0 bridgehead atoms. The fourth-order valence-corrected chi connectivity index (χ4v) is 2.88. The monoisotopic (exact) mass is 411 g/mol. The predicted octanol–water partition coefficient (Wildman–Crippen LogP) is -1.70. The molecule has 25 heavy (non-hydrogen) atoms. The molecule has 0 unspecified atom stereocenters. The summed E-state index contributed by atoms with van der Waals surface area (Å²) in [5.74, 6) is -0.0671. The fourth-order valence-electron chi connectivity index (χ4n) is 2.88. The van der Waals surface area contributed by atoms with Crippen molar-refractivity contribution in [3.8, 4) is 0 Å². The molecule has 1 saturated heterocycles. The van der Waals surface area contributed by atoms with Gasteiger partial charge in [-0.2, -0.15) is 0 Å². The van der Waals surface area contributed by atoms with E-state index in [1.807, 2.05) is 30.3 Å². The number of anilines is 1. The Morgan fingerprint density at radius 3 is 2.44 bits per heavy atom. The molecular weight excluding hydrogens is 386 g/mol. The van der Waals surface area contributed by atoms with E-state index in [-0.39, 0.29) is 28.8 Å². The molecule has 0 aliphatic carbocycles. The number of nitrogens with zero attached hydrogens (tertiary/aromatic N) is 1. The summed E-state index contributed by atoms with van der Waals surface area (Å²) in [6.07, 6.45) is 1.87. The minimum absolute atomic E-state index is 0. The molecule has 0 saturated carbocycles. The summed E-state index contributed by atoms with van der Waals surface area (Å²) >= 11 is 0. The number of carbonyl (C=O) groups excluding carboxylic acids is 2. The number of ether oxygens (including phenoxy) is 1. The van der Waals surface area contributed by atoms with E-state index < -0.39 is 0 Å². The van der Waals surface area contributed by atoms with Crippen molar-refractivity contribution in [1.29, 1.82) is 0 Å². The zero-order valence-corrected chi connectivity index (χ0v) is 16.2. The molecule has 2 amide bonds. The average Bonchev–Trinajstić information content (AvgIpc) is 2.55. The van der Waals surface area contributed by atoms with E-state index in [4.69, 9.17) is 4.74 Å². The van der Waals surface area contributed by atoms with Crippen LogP contribution in [0, 0.1) is 0 Å². The zero-order chi connectivity index (χ0) is 17.4. The molecule has 2 N–H and O–H groups in total. The van der Waals surface area contributed by atoms with E-state index in [0.29, 0.717) is 30.8 Å². The first-order valence-corrected chi connectivity index (χ1v) is 8.20. The van der Waals surface area contributed by atoms with Crippen LogP contribution in [0.25, 0.3) is 0 Å². The molecule has 0 radical (unpaired) electrons. The van der Waals surface area contributed by atoms with Crippen LogP contribution in [-0.4, -0.2) is 55.7 Å². The van der Waals surface area contributed by atoms with Gasteiger partial charge < -0.3 is 36.8 Å². The van der Waals surface area contributed by atoms with Crippen molar-refractivity contribution in [3.63, 3.8) is 0 Å². The first-order valence-electron chi connectivity index (χ1n) is 8.20. The van der Waals surface area contributed by atoms with Gasteiger partial charge in [0.15, 0.2) is 6.54 Å². The SMILES string of the molecule is C=CC[N+]1(CC(=O)NCc2ccc(NC(C)=O)cc2)CCOCC1.[Br-]. The van der Waals surface area contributed by atoms with Gasteiger partial charge in [0.25, 0.3) is 5.91 Å². The molecule has 1 aliphatic heterocycles. The Hall–Kier alpha value is -1.70. The largest absolute Gasteiger partial charge is 1.00 e. The van der Waals surface area contributed by atoms with Crippen LogP contribution in [0.1, 0.15) is 12.5 Å². The summed E-state index contributed by atoms with van der Waals surface area (Å²) in [5, 5.41) is 5.69. The average molecular weight is 412 g/mol. The highest BCUT2D eigenvalue weighted by Gasteiger charge is 2.31. The smallest absolute Gasteiger partial charge is 0.275 e. The minimum atomic E-state index is -0.0993. The lowest BCUT2D eigenvalue weighted by Gasteiger charge is -2.39. The van der Waals surface area contributed by atoms with Crippen LogP contribution in [0.2, 0.25) is 0 Å². The maximum absolute atomic E-state index is 12.3. The van der Waals surface area contributed by atoms with Crippen molar-refractivity contribution in [2.24, 2.45) is 0 Å². The lowest BCUT2D eigenvalue weighted by molar-refractivity contribution is -0.922. The van der Waals surface area contributed by atoms with Crippen molar-refractivity contribution in [2.45, 2.75) is 13.5 Å². The maximum atomic E-state index is 12.3. The maximum Gasteiger partial charge on any atom is 0.275 e. The van der Waals surface area contributed by atoms with E-state index in [1.54, 1.807) is 0 Å². The molecule has 0 atom stereocenters. The first-order chi connectivity index (χ1) is 11.5. The van der Waals surface area contributed by atoms with Gasteiger partial charge in [-0.25, -0.2) is 0 Å². The van der Waals surface area contributed by atoms with Crippen LogP contribution in [0.3, 0.4) is 0 Å². The number of morpholine rings is 1. The van der Waals surface area contributed by atoms with Crippen LogP contribution in [0.4, 0.5) is 5.69 Å². The standard InChI is InChI=1S/C18H25N3O3.BrH/c1-3-8-21(9-11-24-12-10-21)14-18(23)19-13-16-4-6-17(7-5-16)20-15(2)22;/h3-7H,1,8-14H2,2H3,(H-,19,20,22,23);1H. The summed E-state index contributed by atoms with van der Waals surface area (Å²) < 4.78 is 6.11. The molecular formula is C18H26BrN3O3. The molecule has 1 aromatic rings. The van der Waals surface area contributed by atoms with Crippen molar-refractivity contribution >= 4 is 17.5 Å². The Balaban J connectivity index is 0.00000312. The van der Waals surface area contributed by atoms with Gasteiger partial charge in [0.05, 0.1) is 19.8 Å². The number of nitrogens with one attached hydrogen (secondary N) is 2. The third kappa shape index (κ3) is 6.97. The van der Waals surface area contributed by atoms with Crippen LogP contribution in [-0.2, 0) is 20.9 Å². The van der Waals surface area contributed by atoms with Crippen molar-refractivity contribution in [2.75, 3.05) is 44.7 Å². The van der Waals surface area contributed by atoms with Gasteiger partial charge in [0.2, 0.25) is 5.91 Å². The number of amides is 2. The van der Waals surface area contributed by atoms with Crippen LogP contribution >= 0.6 is 0 Å². The molecule has 0 aromatic heterocycles. The Morgan fingerprint density at radius 2 is 1.88 bits per heavy atom. The second kappa shape index (κ2) is 10.3. The highest BCUT2D eigenvalue weighted by Crippen LogP contribution is 2.12. The number of benzene rings is 1. The Labute approximate surface area is 159 Å². The van der Waals surface area contributed by atoms with E-state index in [9.17, 15) is 9.59 Å². The third-order valence-electron chi connectivity index (χ3n) is 4.18. The third-order valence-corrected chi connectivity index (χ3v) is 4.18. The van der Waals surface area contributed by atoms with E-state index in [2.05, 4.69) is 17.2 Å². The van der Waals surface area contributed by atoms with Crippen LogP contribution < -0.4 is 27.6 Å². The predicted molar refractivity (Wildman–Crippen MR) is 93.3 cm³/mol. The summed E-state index contributed by atoms with van der Waals surface area (Å²) in [4.78, 5) is 23.3. The van der Waals surface area contributed by atoms with Gasteiger partial charge in [-0.05, 0) is 23.8 Å². The normalized spacial score (nSPS) is 15.6. The zero-order valence-electron chi connectivity index (χ0n) is 14.6. The van der Waals surface area contributed by atoms with Gasteiger partial charge >= 0.3 is 0 Å². The number of hydrogen-bond donors (Lipinski definition) is 2. The lowest BCUT2D eigenvalue weighted by atomic mass is 10.2. The van der Waals surface area contributed by atoms with Gasteiger partial charge in [0.1, 0.15) is 13.1 Å².